The van der Waals surface area contributed by atoms with E-state index in [1.54, 1.807) is 0 Å². The van der Waals surface area contributed by atoms with Gasteiger partial charge in [-0.1, -0.05) is 0 Å². The molecule has 134 valence electrons. The molecule has 1 aliphatic rings. The van der Waals surface area contributed by atoms with Gasteiger partial charge in [-0.05, 0) is 28.1 Å². The van der Waals surface area contributed by atoms with E-state index in [1.165, 1.54) is 12.1 Å². The molecule has 1 unspecified atom stereocenters. The minimum atomic E-state index is -1.74. The molecule has 0 spiro atoms. The number of amides is 1. The number of benzene rings is 1. The predicted molar refractivity (Wildman–Crippen MR) is 87.6 cm³/mol. The Hall–Kier alpha value is -2.59. The number of phenols is 1. The first kappa shape index (κ1) is 18.7. The number of aromatic hydroxyl groups is 1. The van der Waals surface area contributed by atoms with Crippen molar-refractivity contribution < 1.29 is 38.8 Å². The molecule has 0 aliphatic carbocycles. The van der Waals surface area contributed by atoms with Crippen LogP contribution in [0.3, 0.4) is 0 Å². The third-order valence-electron chi connectivity index (χ3n) is 3.55. The van der Waals surface area contributed by atoms with Crippen LogP contribution in [0.15, 0.2) is 22.2 Å². The van der Waals surface area contributed by atoms with Gasteiger partial charge in [0, 0.05) is 11.1 Å². The van der Waals surface area contributed by atoms with Gasteiger partial charge in [0.2, 0.25) is 0 Å². The number of esters is 2. The normalized spacial score (nSPS) is 15.5. The zero-order chi connectivity index (χ0) is 18.9. The molecule has 25 heavy (non-hydrogen) atoms. The molecule has 1 aromatic carbocycles. The third kappa shape index (κ3) is 2.94. The van der Waals surface area contributed by atoms with Crippen molar-refractivity contribution in [3.05, 3.63) is 27.7 Å². The fourth-order valence-corrected chi connectivity index (χ4v) is 3.01. The number of aliphatic hydroxyl groups excluding tert-OH is 1. The van der Waals surface area contributed by atoms with Crippen LogP contribution in [0.4, 0.5) is 10.5 Å². The lowest BCUT2D eigenvalue weighted by Gasteiger charge is -2.20. The van der Waals surface area contributed by atoms with Gasteiger partial charge in [-0.2, -0.15) is 0 Å². The highest BCUT2D eigenvalue weighted by molar-refractivity contribution is 9.10. The summed E-state index contributed by atoms with van der Waals surface area (Å²) in [6.45, 7) is 0. The van der Waals surface area contributed by atoms with E-state index in [1.807, 2.05) is 0 Å². The summed E-state index contributed by atoms with van der Waals surface area (Å²) in [6, 6.07) is 2.60. The van der Waals surface area contributed by atoms with Gasteiger partial charge in [0.25, 0.3) is 0 Å². The van der Waals surface area contributed by atoms with Crippen LogP contribution in [-0.4, -0.2) is 55.8 Å². The Morgan fingerprint density at radius 1 is 1.08 bits per heavy atom. The summed E-state index contributed by atoms with van der Waals surface area (Å²) < 4.78 is 13.9. The summed E-state index contributed by atoms with van der Waals surface area (Å²) in [5.41, 5.74) is -0.702. The fourth-order valence-electron chi connectivity index (χ4n) is 2.46. The maximum absolute atomic E-state index is 12.1. The lowest BCUT2D eigenvalue weighted by atomic mass is 10.00. The quantitative estimate of drug-likeness (QED) is 0.242. The van der Waals surface area contributed by atoms with Crippen LogP contribution in [-0.2, 0) is 23.8 Å². The van der Waals surface area contributed by atoms with Gasteiger partial charge in [-0.15, -0.1) is 0 Å². The molecule has 0 bridgehead atoms. The Bertz CT molecular complexity index is 770. The number of carbonyl (C=O) groups excluding carboxylic acids is 3. The van der Waals surface area contributed by atoms with Crippen LogP contribution in [0, 0.1) is 0 Å². The molecular formula is C15H14BrNO8. The number of methoxy groups -OCH3 is 3. The summed E-state index contributed by atoms with van der Waals surface area (Å²) in [5, 5.41) is 20.5. The van der Waals surface area contributed by atoms with E-state index in [0.29, 0.717) is 0 Å². The second-order valence-corrected chi connectivity index (χ2v) is 5.57. The molecule has 1 amide bonds. The van der Waals surface area contributed by atoms with E-state index in [0.717, 1.165) is 26.2 Å². The van der Waals surface area contributed by atoms with E-state index in [-0.39, 0.29) is 27.0 Å². The van der Waals surface area contributed by atoms with E-state index < -0.39 is 29.8 Å². The van der Waals surface area contributed by atoms with Crippen LogP contribution in [0.2, 0.25) is 0 Å². The van der Waals surface area contributed by atoms with Crippen molar-refractivity contribution in [3.63, 3.8) is 0 Å². The topological polar surface area (TPSA) is 123 Å². The first-order valence-electron chi connectivity index (χ1n) is 6.78. The van der Waals surface area contributed by atoms with Gasteiger partial charge >= 0.3 is 18.0 Å². The maximum atomic E-state index is 12.1. The molecule has 0 saturated heterocycles. The van der Waals surface area contributed by atoms with Crippen molar-refractivity contribution in [2.24, 2.45) is 0 Å². The predicted octanol–water partition coefficient (Wildman–Crippen LogP) is 1.16. The zero-order valence-electron chi connectivity index (χ0n) is 13.4. The molecule has 10 heteroatoms. The Morgan fingerprint density at radius 2 is 1.64 bits per heavy atom. The minimum absolute atomic E-state index is 0.0590. The number of carbonyl (C=O) groups is 3. The van der Waals surface area contributed by atoms with Crippen LogP contribution in [0.25, 0.3) is 5.57 Å². The number of fused-ring (bicyclic) bond motifs is 1. The lowest BCUT2D eigenvalue weighted by Crippen LogP contribution is -2.38. The molecule has 1 atom stereocenters. The number of hydrogen-bond acceptors (Lipinski definition) is 8. The molecule has 0 fully saturated rings. The third-order valence-corrected chi connectivity index (χ3v) is 4.35. The summed E-state index contributed by atoms with van der Waals surface area (Å²) in [5.74, 6) is -2.38. The Labute approximate surface area is 150 Å². The number of halogens is 1. The Balaban J connectivity index is 2.90. The van der Waals surface area contributed by atoms with Crippen LogP contribution >= 0.6 is 15.9 Å². The summed E-state index contributed by atoms with van der Waals surface area (Å²) in [6.07, 6.45) is -2.68. The van der Waals surface area contributed by atoms with E-state index in [4.69, 9.17) is 0 Å². The van der Waals surface area contributed by atoms with Crippen molar-refractivity contribution >= 4 is 45.2 Å². The molecule has 2 N–H and O–H groups in total. The Morgan fingerprint density at radius 3 is 2.12 bits per heavy atom. The van der Waals surface area contributed by atoms with Gasteiger partial charge in [0.1, 0.15) is 5.75 Å². The Kier molecular flexibility index (Phi) is 5.33. The first-order valence-corrected chi connectivity index (χ1v) is 7.57. The highest BCUT2D eigenvalue weighted by Gasteiger charge is 2.44. The monoisotopic (exact) mass is 415 g/mol. The highest BCUT2D eigenvalue weighted by Crippen LogP contribution is 2.48. The number of anilines is 1. The molecule has 1 aliphatic heterocycles. The number of aliphatic hydroxyl groups is 1. The number of rotatable bonds is 2. The molecule has 9 nitrogen and oxygen atoms in total. The van der Waals surface area contributed by atoms with E-state index in [2.05, 4.69) is 30.1 Å². The van der Waals surface area contributed by atoms with Crippen LogP contribution < -0.4 is 4.90 Å². The van der Waals surface area contributed by atoms with Crippen molar-refractivity contribution in [2.45, 2.75) is 6.23 Å². The SMILES string of the molecule is COC(=O)C(C(=O)OC)=C1c2c(ccc(O)c2Br)N(C(=O)OC)C1O. The van der Waals surface area contributed by atoms with Crippen molar-refractivity contribution in [1.82, 2.24) is 0 Å². The van der Waals surface area contributed by atoms with Crippen molar-refractivity contribution in [3.8, 4) is 5.75 Å². The molecule has 0 radical (unpaired) electrons. The summed E-state index contributed by atoms with van der Waals surface area (Å²) in [4.78, 5) is 37.0. The molecular weight excluding hydrogens is 402 g/mol. The standard InChI is InChI=1S/C15H14BrNO8/c1-23-13(20)10(14(21)24-2)9-8-6(4-5-7(18)11(8)16)17(12(9)19)15(22)25-3/h4-5,12,18-19H,1-3H3. The van der Waals surface area contributed by atoms with Gasteiger partial charge in [0.15, 0.2) is 11.8 Å². The first-order chi connectivity index (χ1) is 11.8. The average molecular weight is 416 g/mol. The lowest BCUT2D eigenvalue weighted by molar-refractivity contribution is -0.144. The molecule has 0 saturated carbocycles. The molecule has 2 rings (SSSR count). The minimum Gasteiger partial charge on any atom is -0.507 e. The second-order valence-electron chi connectivity index (χ2n) is 4.78. The molecule has 1 heterocycles. The van der Waals surface area contributed by atoms with Crippen molar-refractivity contribution in [1.29, 1.82) is 0 Å². The molecule has 1 aromatic rings. The number of nitrogens with zero attached hydrogens (tertiary/aromatic N) is 1. The van der Waals surface area contributed by atoms with Gasteiger partial charge in [-0.3, -0.25) is 0 Å². The maximum Gasteiger partial charge on any atom is 0.416 e. The largest absolute Gasteiger partial charge is 0.507 e. The van der Waals surface area contributed by atoms with Gasteiger partial charge in [0.05, 0.1) is 31.5 Å². The number of phenolic OH excluding ortho intramolecular Hbond substituents is 1. The smallest absolute Gasteiger partial charge is 0.416 e. The van der Waals surface area contributed by atoms with Gasteiger partial charge in [-0.25, -0.2) is 19.3 Å². The van der Waals surface area contributed by atoms with Crippen LogP contribution in [0.5, 0.6) is 5.75 Å². The molecule has 0 aromatic heterocycles. The van der Waals surface area contributed by atoms with Gasteiger partial charge < -0.3 is 24.4 Å². The zero-order valence-corrected chi connectivity index (χ0v) is 15.0. The average Bonchev–Trinajstić information content (AvgIpc) is 2.90. The summed E-state index contributed by atoms with van der Waals surface area (Å²) >= 11 is 3.13. The number of hydrogen-bond donors (Lipinski definition) is 2. The van der Waals surface area contributed by atoms with Crippen LogP contribution in [0.1, 0.15) is 5.56 Å². The van der Waals surface area contributed by atoms with E-state index in [9.17, 15) is 24.6 Å². The van der Waals surface area contributed by atoms with E-state index >= 15 is 0 Å². The van der Waals surface area contributed by atoms with Crippen molar-refractivity contribution in [2.75, 3.05) is 26.2 Å². The number of ether oxygens (including phenoxy) is 3. The summed E-state index contributed by atoms with van der Waals surface area (Å²) in [7, 11) is 3.20. The highest BCUT2D eigenvalue weighted by atomic mass is 79.9. The second kappa shape index (κ2) is 7.11. The fraction of sp³-hybridized carbons (Fsp3) is 0.267.